The molecule has 0 atom stereocenters. The van der Waals surface area contributed by atoms with Crippen LogP contribution in [0.3, 0.4) is 0 Å². The van der Waals surface area contributed by atoms with E-state index in [9.17, 15) is 18.0 Å². The van der Waals surface area contributed by atoms with E-state index in [0.29, 0.717) is 42.9 Å². The first-order valence-corrected chi connectivity index (χ1v) is 19.2. The van der Waals surface area contributed by atoms with Crippen LogP contribution in [0.2, 0.25) is 0 Å². The lowest BCUT2D eigenvalue weighted by Gasteiger charge is -2.32. The van der Waals surface area contributed by atoms with Crippen LogP contribution in [0.1, 0.15) is 60.2 Å². The number of carbonyl (C=O) groups excluding carboxylic acids is 2. The van der Waals surface area contributed by atoms with Crippen molar-refractivity contribution in [1.29, 1.82) is 0 Å². The van der Waals surface area contributed by atoms with Gasteiger partial charge in [0.15, 0.2) is 17.2 Å². The normalized spacial score (nSPS) is 16.4. The molecule has 9 nitrogen and oxygen atoms in total. The number of esters is 2. The van der Waals surface area contributed by atoms with Crippen molar-refractivity contribution in [3.8, 4) is 16.2 Å². The highest BCUT2D eigenvalue weighted by molar-refractivity contribution is 9.10. The van der Waals surface area contributed by atoms with Crippen LogP contribution in [-0.4, -0.2) is 63.6 Å². The number of carbonyl (C=O) groups is 2. The lowest BCUT2D eigenvalue weighted by atomic mass is 9.90. The number of hydrogen-bond donors (Lipinski definition) is 1. The first-order valence-electron chi connectivity index (χ1n) is 16.0. The van der Waals surface area contributed by atoms with E-state index in [1.807, 2.05) is 54.6 Å². The molecule has 47 heavy (non-hydrogen) atoms. The first kappa shape index (κ1) is 35.1. The lowest BCUT2D eigenvalue weighted by molar-refractivity contribution is -0.144. The van der Waals surface area contributed by atoms with Gasteiger partial charge >= 0.3 is 11.9 Å². The zero-order chi connectivity index (χ0) is 33.2. The molecule has 0 spiro atoms. The predicted octanol–water partition coefficient (Wildman–Crippen LogP) is 7.43. The number of piperidine rings is 1. The highest BCUT2D eigenvalue weighted by Gasteiger charge is 2.29. The van der Waals surface area contributed by atoms with Crippen molar-refractivity contribution >= 4 is 54.9 Å². The van der Waals surface area contributed by atoms with E-state index in [0.717, 1.165) is 47.4 Å². The number of nitrogens with zero attached hydrogens (tertiary/aromatic N) is 1. The van der Waals surface area contributed by atoms with Gasteiger partial charge in [-0.25, -0.2) is 22.3 Å². The van der Waals surface area contributed by atoms with Gasteiger partial charge in [-0.1, -0.05) is 74.4 Å². The second-order valence-electron chi connectivity index (χ2n) is 11.9. The molecule has 2 heterocycles. The number of rotatable bonds is 14. The van der Waals surface area contributed by atoms with E-state index < -0.39 is 22.0 Å². The fourth-order valence-electron chi connectivity index (χ4n) is 5.92. The molecule has 0 bridgehead atoms. The maximum atomic E-state index is 13.3. The number of nitrogens with one attached hydrogen (secondary N) is 1. The highest BCUT2D eigenvalue weighted by atomic mass is 79.9. The Hall–Kier alpha value is -3.19. The van der Waals surface area contributed by atoms with Crippen LogP contribution in [0.15, 0.2) is 71.7 Å². The van der Waals surface area contributed by atoms with E-state index in [4.69, 9.17) is 14.2 Å². The fourth-order valence-corrected chi connectivity index (χ4v) is 9.43. The molecule has 1 aromatic heterocycles. The van der Waals surface area contributed by atoms with Gasteiger partial charge in [0.2, 0.25) is 10.0 Å². The summed E-state index contributed by atoms with van der Waals surface area (Å²) < 4.78 is 44.8. The Balaban J connectivity index is 1.27. The first-order chi connectivity index (χ1) is 22.7. The van der Waals surface area contributed by atoms with E-state index >= 15 is 0 Å². The standard InChI is InChI=1S/C35H41BrN2O7S2/c1-2-20-43-30(39)23-44-32-31(36)33(46-34(32)35(40)45-22-25-10-5-3-6-11-25)27-14-9-15-29(21-27)37-28-16-18-38(19-17-28)47(41,42)24-26-12-7-4-8-13-26/h2,4,7-9,12-15,21,25,28,37H,1,3,5-6,10-11,16-20,22-24H2. The van der Waals surface area contributed by atoms with Gasteiger partial charge in [-0.15, -0.1) is 11.3 Å². The summed E-state index contributed by atoms with van der Waals surface area (Å²) in [5.74, 6) is -0.452. The maximum absolute atomic E-state index is 13.3. The molecule has 12 heteroatoms. The third-order valence-electron chi connectivity index (χ3n) is 8.40. The Bertz CT molecular complexity index is 1630. The van der Waals surface area contributed by atoms with Crippen molar-refractivity contribution in [3.63, 3.8) is 0 Å². The van der Waals surface area contributed by atoms with Gasteiger partial charge < -0.3 is 19.5 Å². The Morgan fingerprint density at radius 2 is 1.74 bits per heavy atom. The van der Waals surface area contributed by atoms with E-state index in [-0.39, 0.29) is 35.6 Å². The Morgan fingerprint density at radius 1 is 1.00 bits per heavy atom. The number of hydrogen-bond acceptors (Lipinski definition) is 9. The zero-order valence-electron chi connectivity index (χ0n) is 26.3. The van der Waals surface area contributed by atoms with Crippen LogP contribution in [0.25, 0.3) is 10.4 Å². The molecule has 0 unspecified atom stereocenters. The summed E-state index contributed by atoms with van der Waals surface area (Å²) in [7, 11) is -3.40. The number of halogens is 1. The maximum Gasteiger partial charge on any atom is 0.352 e. The van der Waals surface area contributed by atoms with Gasteiger partial charge in [-0.2, -0.15) is 0 Å². The topological polar surface area (TPSA) is 111 Å². The number of benzene rings is 2. The molecule has 1 saturated heterocycles. The average molecular weight is 746 g/mol. The summed E-state index contributed by atoms with van der Waals surface area (Å²) >= 11 is 4.88. The molecule has 1 saturated carbocycles. The third-order valence-corrected chi connectivity index (χ3v) is 12.5. The van der Waals surface area contributed by atoms with E-state index in [1.54, 1.807) is 4.31 Å². The van der Waals surface area contributed by atoms with Crippen LogP contribution in [0.4, 0.5) is 5.69 Å². The summed E-state index contributed by atoms with van der Waals surface area (Å²) in [6.45, 7) is 4.51. The number of sulfonamides is 1. The van der Waals surface area contributed by atoms with Crippen LogP contribution in [0, 0.1) is 5.92 Å². The fraction of sp³-hybridized carbons (Fsp3) is 0.429. The molecule has 0 radical (unpaired) electrons. The molecule has 0 amide bonds. The smallest absolute Gasteiger partial charge is 0.352 e. The van der Waals surface area contributed by atoms with Crippen LogP contribution >= 0.6 is 27.3 Å². The summed E-state index contributed by atoms with van der Waals surface area (Å²) in [5.41, 5.74) is 2.51. The largest absolute Gasteiger partial charge is 0.479 e. The summed E-state index contributed by atoms with van der Waals surface area (Å²) in [6, 6.07) is 17.2. The molecule has 1 aliphatic heterocycles. The quantitative estimate of drug-likeness (QED) is 0.134. The van der Waals surface area contributed by atoms with E-state index in [2.05, 4.69) is 27.8 Å². The van der Waals surface area contributed by atoms with Gasteiger partial charge in [-0.05, 0) is 70.8 Å². The zero-order valence-corrected chi connectivity index (χ0v) is 29.5. The van der Waals surface area contributed by atoms with E-state index in [1.165, 1.54) is 23.8 Å². The minimum absolute atomic E-state index is 0.00148. The second kappa shape index (κ2) is 16.8. The molecule has 1 aliphatic carbocycles. The molecular formula is C35H41BrN2O7S2. The Labute approximate surface area is 289 Å². The SMILES string of the molecule is C=CCOC(=O)COc1c(C(=O)OCC2CCCCC2)sc(-c2cccc(NC3CCN(S(=O)(=O)Cc4ccccc4)CC3)c2)c1Br. The van der Waals surface area contributed by atoms with Crippen molar-refractivity contribution in [3.05, 3.63) is 82.2 Å². The van der Waals surface area contributed by atoms with Crippen molar-refractivity contribution in [2.24, 2.45) is 5.92 Å². The average Bonchev–Trinajstić information content (AvgIpc) is 3.42. The van der Waals surface area contributed by atoms with Gasteiger partial charge in [-0.3, -0.25) is 0 Å². The second-order valence-corrected chi connectivity index (χ2v) is 15.7. The lowest BCUT2D eigenvalue weighted by Crippen LogP contribution is -2.42. The minimum Gasteiger partial charge on any atom is -0.479 e. The van der Waals surface area contributed by atoms with Crippen molar-refractivity contribution < 1.29 is 32.2 Å². The summed E-state index contributed by atoms with van der Waals surface area (Å²) in [5, 5.41) is 3.57. The molecular weight excluding hydrogens is 704 g/mol. The monoisotopic (exact) mass is 744 g/mol. The number of ether oxygens (including phenoxy) is 3. The molecule has 1 N–H and O–H groups in total. The third kappa shape index (κ3) is 9.68. The number of anilines is 1. The highest BCUT2D eigenvalue weighted by Crippen LogP contribution is 2.46. The number of thiophene rings is 1. The molecule has 5 rings (SSSR count). The van der Waals surface area contributed by atoms with Gasteiger partial charge in [0.25, 0.3) is 0 Å². The van der Waals surface area contributed by atoms with Crippen LogP contribution in [0.5, 0.6) is 5.75 Å². The van der Waals surface area contributed by atoms with Crippen LogP contribution in [-0.2, 0) is 30.0 Å². The van der Waals surface area contributed by atoms with Crippen molar-refractivity contribution in [2.75, 3.05) is 38.2 Å². The van der Waals surface area contributed by atoms with Gasteiger partial charge in [0.05, 0.1) is 21.7 Å². The van der Waals surface area contributed by atoms with Crippen molar-refractivity contribution in [1.82, 2.24) is 4.31 Å². The molecule has 3 aromatic rings. The Kier molecular flexibility index (Phi) is 12.5. The summed E-state index contributed by atoms with van der Waals surface area (Å²) in [4.78, 5) is 26.6. The Morgan fingerprint density at radius 3 is 2.47 bits per heavy atom. The predicted molar refractivity (Wildman–Crippen MR) is 188 cm³/mol. The van der Waals surface area contributed by atoms with Crippen LogP contribution < -0.4 is 10.1 Å². The molecule has 2 fully saturated rings. The van der Waals surface area contributed by atoms with Gasteiger partial charge in [0.1, 0.15) is 6.61 Å². The van der Waals surface area contributed by atoms with Gasteiger partial charge in [0, 0.05) is 24.8 Å². The molecule has 2 aromatic carbocycles. The van der Waals surface area contributed by atoms with Crippen molar-refractivity contribution in [2.45, 2.75) is 56.7 Å². The molecule has 252 valence electrons. The molecule has 2 aliphatic rings. The summed E-state index contributed by atoms with van der Waals surface area (Å²) in [6.07, 6.45) is 8.44. The minimum atomic E-state index is -3.40.